The fourth-order valence-corrected chi connectivity index (χ4v) is 3.39. The molecule has 1 N–H and O–H groups in total. The second-order valence-corrected chi connectivity index (χ2v) is 6.35. The van der Waals surface area contributed by atoms with Crippen molar-refractivity contribution in [2.24, 2.45) is 5.92 Å². The summed E-state index contributed by atoms with van der Waals surface area (Å²) in [5.74, 6) is 0.525. The summed E-state index contributed by atoms with van der Waals surface area (Å²) in [5, 5.41) is 3.42. The Kier molecular flexibility index (Phi) is 7.24. The quantitative estimate of drug-likeness (QED) is 0.793. The molecule has 2 nitrogen and oxygen atoms in total. The summed E-state index contributed by atoms with van der Waals surface area (Å²) in [4.78, 5) is 0.314. The monoisotopic (exact) mass is 285 g/mol. The molecule has 3 unspecified atom stereocenters. The highest BCUT2D eigenvalue weighted by Crippen LogP contribution is 2.16. The molecule has 0 heterocycles. The lowest BCUT2D eigenvalue weighted by Gasteiger charge is -2.24. The minimum atomic E-state index is -1.29. The van der Waals surface area contributed by atoms with Crippen LogP contribution in [0, 0.1) is 11.7 Å². The number of nitrogens with one attached hydrogen (secondary N) is 1. The SMILES string of the molecule is CCCNC(CS(=O)c1ccccc1F)C(C)CC. The average Bonchev–Trinajstić information content (AvgIpc) is 2.42. The summed E-state index contributed by atoms with van der Waals surface area (Å²) in [7, 11) is -1.29. The molecule has 108 valence electrons. The van der Waals surface area contributed by atoms with E-state index in [1.165, 1.54) is 6.07 Å². The van der Waals surface area contributed by atoms with E-state index in [9.17, 15) is 8.60 Å². The Morgan fingerprint density at radius 2 is 2.00 bits per heavy atom. The first kappa shape index (κ1) is 16.3. The minimum Gasteiger partial charge on any atom is -0.313 e. The molecule has 3 atom stereocenters. The number of hydrogen-bond donors (Lipinski definition) is 1. The van der Waals surface area contributed by atoms with Gasteiger partial charge in [-0.25, -0.2) is 4.39 Å². The smallest absolute Gasteiger partial charge is 0.139 e. The molecule has 0 saturated heterocycles. The van der Waals surface area contributed by atoms with E-state index >= 15 is 0 Å². The van der Waals surface area contributed by atoms with Crippen LogP contribution in [0.15, 0.2) is 29.2 Å². The molecule has 1 rings (SSSR count). The van der Waals surface area contributed by atoms with Gasteiger partial charge in [-0.3, -0.25) is 4.21 Å². The molecule has 4 heteroatoms. The van der Waals surface area contributed by atoms with Crippen molar-refractivity contribution in [3.63, 3.8) is 0 Å². The van der Waals surface area contributed by atoms with Crippen molar-refractivity contribution in [2.75, 3.05) is 12.3 Å². The predicted octanol–water partition coefficient (Wildman–Crippen LogP) is 3.35. The summed E-state index contributed by atoms with van der Waals surface area (Å²) in [6.45, 7) is 7.28. The molecule has 0 saturated carbocycles. The Morgan fingerprint density at radius 1 is 1.32 bits per heavy atom. The number of halogens is 1. The molecular formula is C15H24FNOS. The fraction of sp³-hybridized carbons (Fsp3) is 0.600. The van der Waals surface area contributed by atoms with E-state index in [2.05, 4.69) is 26.1 Å². The van der Waals surface area contributed by atoms with Gasteiger partial charge in [0.1, 0.15) is 5.82 Å². The van der Waals surface area contributed by atoms with Gasteiger partial charge in [-0.2, -0.15) is 0 Å². The van der Waals surface area contributed by atoms with Gasteiger partial charge in [0.25, 0.3) is 0 Å². The molecule has 1 aromatic rings. The lowest BCUT2D eigenvalue weighted by Crippen LogP contribution is -2.39. The highest BCUT2D eigenvalue weighted by Gasteiger charge is 2.20. The van der Waals surface area contributed by atoms with Gasteiger partial charge in [-0.1, -0.05) is 39.3 Å². The van der Waals surface area contributed by atoms with Crippen molar-refractivity contribution in [2.45, 2.75) is 44.6 Å². The van der Waals surface area contributed by atoms with E-state index in [0.717, 1.165) is 19.4 Å². The number of benzene rings is 1. The Balaban J connectivity index is 2.73. The Morgan fingerprint density at radius 3 is 2.58 bits per heavy atom. The zero-order valence-electron chi connectivity index (χ0n) is 12.0. The molecule has 0 aliphatic carbocycles. The van der Waals surface area contributed by atoms with E-state index in [1.807, 2.05) is 0 Å². The van der Waals surface area contributed by atoms with Gasteiger partial charge in [0.2, 0.25) is 0 Å². The van der Waals surface area contributed by atoms with Crippen molar-refractivity contribution < 1.29 is 8.60 Å². The van der Waals surface area contributed by atoms with Crippen LogP contribution in [0.2, 0.25) is 0 Å². The van der Waals surface area contributed by atoms with Gasteiger partial charge in [0, 0.05) is 11.8 Å². The molecule has 0 aliphatic heterocycles. The van der Waals surface area contributed by atoms with Crippen molar-refractivity contribution in [1.82, 2.24) is 5.32 Å². The van der Waals surface area contributed by atoms with E-state index in [4.69, 9.17) is 0 Å². The van der Waals surface area contributed by atoms with Gasteiger partial charge in [-0.05, 0) is 31.0 Å². The normalized spacial score (nSPS) is 16.0. The van der Waals surface area contributed by atoms with Crippen LogP contribution in [0.25, 0.3) is 0 Å². The van der Waals surface area contributed by atoms with Gasteiger partial charge in [0.05, 0.1) is 15.7 Å². The molecule has 0 radical (unpaired) electrons. The first-order chi connectivity index (χ1) is 9.10. The maximum absolute atomic E-state index is 13.6. The lowest BCUT2D eigenvalue weighted by atomic mass is 10.0. The van der Waals surface area contributed by atoms with Crippen molar-refractivity contribution in [3.05, 3.63) is 30.1 Å². The topological polar surface area (TPSA) is 29.1 Å². The van der Waals surface area contributed by atoms with Crippen LogP contribution in [-0.4, -0.2) is 22.5 Å². The fourth-order valence-electron chi connectivity index (χ4n) is 1.92. The highest BCUT2D eigenvalue weighted by atomic mass is 32.2. The van der Waals surface area contributed by atoms with Crippen LogP contribution in [0.4, 0.5) is 4.39 Å². The zero-order valence-corrected chi connectivity index (χ0v) is 12.8. The molecule has 19 heavy (non-hydrogen) atoms. The second-order valence-electron chi connectivity index (χ2n) is 4.89. The molecule has 0 bridgehead atoms. The summed E-state index contributed by atoms with van der Waals surface area (Å²) in [5.41, 5.74) is 0. The van der Waals surface area contributed by atoms with E-state index in [0.29, 0.717) is 16.6 Å². The van der Waals surface area contributed by atoms with Crippen LogP contribution in [0.3, 0.4) is 0 Å². The minimum absolute atomic E-state index is 0.172. The number of hydrogen-bond acceptors (Lipinski definition) is 2. The third-order valence-corrected chi connectivity index (χ3v) is 4.88. The van der Waals surface area contributed by atoms with Gasteiger partial charge >= 0.3 is 0 Å². The van der Waals surface area contributed by atoms with Crippen LogP contribution >= 0.6 is 0 Å². The van der Waals surface area contributed by atoms with Crippen LogP contribution < -0.4 is 5.32 Å². The molecule has 1 aromatic carbocycles. The summed E-state index contributed by atoms with van der Waals surface area (Å²) in [6.07, 6.45) is 2.06. The first-order valence-electron chi connectivity index (χ1n) is 6.96. The average molecular weight is 285 g/mol. The summed E-state index contributed by atoms with van der Waals surface area (Å²) in [6, 6.07) is 6.50. The maximum Gasteiger partial charge on any atom is 0.139 e. The van der Waals surface area contributed by atoms with Crippen LogP contribution in [0.5, 0.6) is 0 Å². The number of rotatable bonds is 8. The Labute approximate surface area is 118 Å². The third-order valence-electron chi connectivity index (χ3n) is 3.40. The molecular weight excluding hydrogens is 261 g/mol. The molecule has 0 fully saturated rings. The van der Waals surface area contributed by atoms with Crippen LogP contribution in [0.1, 0.15) is 33.6 Å². The lowest BCUT2D eigenvalue weighted by molar-refractivity contribution is 0.394. The van der Waals surface area contributed by atoms with Gasteiger partial charge in [0.15, 0.2) is 0 Å². The Hall–Kier alpha value is -0.740. The Bertz CT molecular complexity index is 411. The van der Waals surface area contributed by atoms with Gasteiger partial charge in [-0.15, -0.1) is 0 Å². The molecule has 0 aromatic heterocycles. The standard InChI is InChI=1S/C15H24FNOS/c1-4-10-17-14(12(3)5-2)11-19(18)15-9-7-6-8-13(15)16/h6-9,12,14,17H,4-5,10-11H2,1-3H3. The molecule has 0 amide bonds. The first-order valence-corrected chi connectivity index (χ1v) is 8.28. The van der Waals surface area contributed by atoms with Crippen molar-refractivity contribution >= 4 is 10.8 Å². The largest absolute Gasteiger partial charge is 0.313 e. The second kappa shape index (κ2) is 8.43. The highest BCUT2D eigenvalue weighted by molar-refractivity contribution is 7.85. The molecule has 0 spiro atoms. The van der Waals surface area contributed by atoms with E-state index < -0.39 is 10.8 Å². The van der Waals surface area contributed by atoms with Crippen molar-refractivity contribution in [1.29, 1.82) is 0 Å². The van der Waals surface area contributed by atoms with E-state index in [-0.39, 0.29) is 11.9 Å². The van der Waals surface area contributed by atoms with Gasteiger partial charge < -0.3 is 5.32 Å². The summed E-state index contributed by atoms with van der Waals surface area (Å²) < 4.78 is 25.9. The van der Waals surface area contributed by atoms with Crippen molar-refractivity contribution in [3.8, 4) is 0 Å². The van der Waals surface area contributed by atoms with E-state index in [1.54, 1.807) is 18.2 Å². The zero-order chi connectivity index (χ0) is 14.3. The molecule has 0 aliphatic rings. The maximum atomic E-state index is 13.6. The predicted molar refractivity (Wildman–Crippen MR) is 79.2 cm³/mol. The van der Waals surface area contributed by atoms with Crippen LogP contribution in [-0.2, 0) is 10.8 Å². The summed E-state index contributed by atoms with van der Waals surface area (Å²) >= 11 is 0. The third kappa shape index (κ3) is 5.03.